The molecule has 7 heteroatoms. The SMILES string of the molecule is COC(=O)c1ccc(-c2cnc(Nc3ccc(F)cc3F)o2)cc1. The molecule has 0 aliphatic rings. The summed E-state index contributed by atoms with van der Waals surface area (Å²) in [7, 11) is 1.30. The second kappa shape index (κ2) is 6.49. The molecule has 0 radical (unpaired) electrons. The Morgan fingerprint density at radius 3 is 2.58 bits per heavy atom. The van der Waals surface area contributed by atoms with Crippen LogP contribution in [0.2, 0.25) is 0 Å². The van der Waals surface area contributed by atoms with E-state index >= 15 is 0 Å². The van der Waals surface area contributed by atoms with Gasteiger partial charge in [-0.2, -0.15) is 0 Å². The number of hydrogen-bond acceptors (Lipinski definition) is 5. The van der Waals surface area contributed by atoms with Crippen LogP contribution in [0.4, 0.5) is 20.5 Å². The van der Waals surface area contributed by atoms with E-state index in [2.05, 4.69) is 15.0 Å². The number of hydrogen-bond donors (Lipinski definition) is 1. The first-order valence-electron chi connectivity index (χ1n) is 6.93. The molecular weight excluding hydrogens is 318 g/mol. The van der Waals surface area contributed by atoms with Gasteiger partial charge in [-0.15, -0.1) is 0 Å². The number of esters is 1. The van der Waals surface area contributed by atoms with Crippen LogP contribution in [0, 0.1) is 11.6 Å². The van der Waals surface area contributed by atoms with Crippen molar-refractivity contribution in [3.63, 3.8) is 0 Å². The molecule has 0 aliphatic heterocycles. The summed E-state index contributed by atoms with van der Waals surface area (Å²) in [6, 6.07) is 9.74. The largest absolute Gasteiger partial charge is 0.465 e. The van der Waals surface area contributed by atoms with Crippen LogP contribution in [0.5, 0.6) is 0 Å². The molecule has 122 valence electrons. The Bertz CT molecular complexity index is 876. The highest BCUT2D eigenvalue weighted by Crippen LogP contribution is 2.26. The Morgan fingerprint density at radius 1 is 1.17 bits per heavy atom. The van der Waals surface area contributed by atoms with Gasteiger partial charge in [-0.25, -0.2) is 18.6 Å². The number of oxazole rings is 1. The van der Waals surface area contributed by atoms with Gasteiger partial charge in [0.25, 0.3) is 6.01 Å². The maximum Gasteiger partial charge on any atom is 0.337 e. The van der Waals surface area contributed by atoms with Crippen molar-refractivity contribution >= 4 is 17.7 Å². The molecule has 0 amide bonds. The maximum absolute atomic E-state index is 13.6. The summed E-state index contributed by atoms with van der Waals surface area (Å²) in [4.78, 5) is 15.4. The summed E-state index contributed by atoms with van der Waals surface area (Å²) in [6.45, 7) is 0. The third-order valence-corrected chi connectivity index (χ3v) is 3.27. The maximum atomic E-state index is 13.6. The quantitative estimate of drug-likeness (QED) is 0.728. The number of nitrogens with zero attached hydrogens (tertiary/aromatic N) is 1. The second-order valence-corrected chi connectivity index (χ2v) is 4.85. The van der Waals surface area contributed by atoms with E-state index in [4.69, 9.17) is 4.42 Å². The van der Waals surface area contributed by atoms with E-state index in [9.17, 15) is 13.6 Å². The first kappa shape index (κ1) is 15.7. The monoisotopic (exact) mass is 330 g/mol. The highest BCUT2D eigenvalue weighted by atomic mass is 19.1. The van der Waals surface area contributed by atoms with Gasteiger partial charge >= 0.3 is 5.97 Å². The first-order valence-corrected chi connectivity index (χ1v) is 6.93. The Morgan fingerprint density at radius 2 is 1.92 bits per heavy atom. The molecular formula is C17H12F2N2O3. The molecule has 0 bridgehead atoms. The van der Waals surface area contributed by atoms with Crippen LogP contribution in [0.1, 0.15) is 10.4 Å². The lowest BCUT2D eigenvalue weighted by atomic mass is 10.1. The molecule has 3 aromatic rings. The minimum Gasteiger partial charge on any atom is -0.465 e. The number of benzene rings is 2. The van der Waals surface area contributed by atoms with Crippen molar-refractivity contribution in [3.05, 3.63) is 65.9 Å². The summed E-state index contributed by atoms with van der Waals surface area (Å²) in [6.07, 6.45) is 1.46. The van der Waals surface area contributed by atoms with Gasteiger partial charge in [0.15, 0.2) is 5.76 Å². The summed E-state index contributed by atoms with van der Waals surface area (Å²) in [5, 5.41) is 2.63. The fourth-order valence-corrected chi connectivity index (χ4v) is 2.06. The average molecular weight is 330 g/mol. The number of carbonyl (C=O) groups is 1. The van der Waals surface area contributed by atoms with Crippen LogP contribution < -0.4 is 5.32 Å². The fraction of sp³-hybridized carbons (Fsp3) is 0.0588. The van der Waals surface area contributed by atoms with Crippen molar-refractivity contribution < 1.29 is 22.7 Å². The Labute approximate surface area is 135 Å². The van der Waals surface area contributed by atoms with Crippen molar-refractivity contribution in [2.75, 3.05) is 12.4 Å². The average Bonchev–Trinajstić information content (AvgIpc) is 3.05. The Hall–Kier alpha value is -3.22. The van der Waals surface area contributed by atoms with Crippen LogP contribution in [-0.2, 0) is 4.74 Å². The van der Waals surface area contributed by atoms with E-state index in [1.165, 1.54) is 19.4 Å². The predicted molar refractivity (Wildman–Crippen MR) is 82.9 cm³/mol. The summed E-state index contributed by atoms with van der Waals surface area (Å²) in [5.74, 6) is -1.43. The number of anilines is 2. The van der Waals surface area contributed by atoms with Gasteiger partial charge in [-0.05, 0) is 24.3 Å². The van der Waals surface area contributed by atoms with Gasteiger partial charge in [0, 0.05) is 11.6 Å². The number of ether oxygens (including phenoxy) is 1. The molecule has 0 saturated carbocycles. The lowest BCUT2D eigenvalue weighted by molar-refractivity contribution is 0.0600. The topological polar surface area (TPSA) is 64.4 Å². The minimum absolute atomic E-state index is 0.0471. The van der Waals surface area contributed by atoms with Crippen LogP contribution in [-0.4, -0.2) is 18.1 Å². The lowest BCUT2D eigenvalue weighted by Crippen LogP contribution is -2.00. The van der Waals surface area contributed by atoms with Crippen molar-refractivity contribution in [3.8, 4) is 11.3 Å². The van der Waals surface area contributed by atoms with E-state index in [0.29, 0.717) is 16.9 Å². The molecule has 0 spiro atoms. The van der Waals surface area contributed by atoms with Gasteiger partial charge in [-0.1, -0.05) is 12.1 Å². The standard InChI is InChI=1S/C17H12F2N2O3/c1-23-16(22)11-4-2-10(3-5-11)15-9-20-17(24-15)21-14-7-6-12(18)8-13(14)19/h2-9H,1H3,(H,20,21). The van der Waals surface area contributed by atoms with Gasteiger partial charge in [-0.3, -0.25) is 0 Å². The molecule has 1 aromatic heterocycles. The molecule has 0 fully saturated rings. The second-order valence-electron chi connectivity index (χ2n) is 4.85. The van der Waals surface area contributed by atoms with Crippen molar-refractivity contribution in [1.82, 2.24) is 4.98 Å². The summed E-state index contributed by atoms with van der Waals surface area (Å²) in [5.41, 5.74) is 1.14. The highest BCUT2D eigenvalue weighted by molar-refractivity contribution is 5.89. The zero-order valence-electron chi connectivity index (χ0n) is 12.5. The van der Waals surface area contributed by atoms with E-state index in [1.807, 2.05) is 0 Å². The molecule has 1 N–H and O–H groups in total. The van der Waals surface area contributed by atoms with Gasteiger partial charge < -0.3 is 14.5 Å². The van der Waals surface area contributed by atoms with E-state index in [-0.39, 0.29) is 11.7 Å². The summed E-state index contributed by atoms with van der Waals surface area (Å²) < 4.78 is 36.6. The normalized spacial score (nSPS) is 10.5. The molecule has 0 saturated heterocycles. The van der Waals surface area contributed by atoms with E-state index < -0.39 is 17.6 Å². The van der Waals surface area contributed by atoms with Crippen LogP contribution >= 0.6 is 0 Å². The molecule has 0 atom stereocenters. The summed E-state index contributed by atoms with van der Waals surface area (Å²) >= 11 is 0. The zero-order chi connectivity index (χ0) is 17.1. The molecule has 24 heavy (non-hydrogen) atoms. The highest BCUT2D eigenvalue weighted by Gasteiger charge is 2.11. The van der Waals surface area contributed by atoms with Crippen LogP contribution in [0.25, 0.3) is 11.3 Å². The van der Waals surface area contributed by atoms with Crippen molar-refractivity contribution in [2.24, 2.45) is 0 Å². The molecule has 1 heterocycles. The van der Waals surface area contributed by atoms with Crippen LogP contribution in [0.3, 0.4) is 0 Å². The zero-order valence-corrected chi connectivity index (χ0v) is 12.5. The van der Waals surface area contributed by atoms with Crippen molar-refractivity contribution in [1.29, 1.82) is 0 Å². The molecule has 2 aromatic carbocycles. The number of carbonyl (C=O) groups excluding carboxylic acids is 1. The van der Waals surface area contributed by atoms with E-state index in [0.717, 1.165) is 12.1 Å². The first-order chi connectivity index (χ1) is 11.6. The molecule has 3 rings (SSSR count). The predicted octanol–water partition coefficient (Wildman–Crippen LogP) is 4.15. The number of methoxy groups -OCH3 is 1. The number of rotatable bonds is 4. The third kappa shape index (κ3) is 3.24. The van der Waals surface area contributed by atoms with Gasteiger partial charge in [0.1, 0.15) is 11.6 Å². The Kier molecular flexibility index (Phi) is 4.24. The minimum atomic E-state index is -0.753. The van der Waals surface area contributed by atoms with Gasteiger partial charge in [0.2, 0.25) is 0 Å². The van der Waals surface area contributed by atoms with Gasteiger partial charge in [0.05, 0.1) is 24.6 Å². The molecule has 0 unspecified atom stereocenters. The number of nitrogens with one attached hydrogen (secondary N) is 1. The van der Waals surface area contributed by atoms with Crippen molar-refractivity contribution in [2.45, 2.75) is 0 Å². The van der Waals surface area contributed by atoms with Crippen LogP contribution in [0.15, 0.2) is 53.1 Å². The molecule has 0 aliphatic carbocycles. The fourth-order valence-electron chi connectivity index (χ4n) is 2.06. The molecule has 5 nitrogen and oxygen atoms in total. The van der Waals surface area contributed by atoms with E-state index in [1.54, 1.807) is 24.3 Å². The third-order valence-electron chi connectivity index (χ3n) is 3.27. The lowest BCUT2D eigenvalue weighted by Gasteiger charge is -2.03. The number of halogens is 2. The Balaban J connectivity index is 1.79. The smallest absolute Gasteiger partial charge is 0.337 e. The number of aromatic nitrogens is 1.